The fraction of sp³-hybridized carbons (Fsp3) is 0.529. The summed E-state index contributed by atoms with van der Waals surface area (Å²) < 4.78 is 0. The van der Waals surface area contributed by atoms with Gasteiger partial charge in [0.05, 0.1) is 6.54 Å². The zero-order chi connectivity index (χ0) is 15.6. The summed E-state index contributed by atoms with van der Waals surface area (Å²) in [6.07, 6.45) is 5.44. The van der Waals surface area contributed by atoms with Crippen molar-refractivity contribution in [3.05, 3.63) is 35.4 Å². The number of carbonyl (C=O) groups excluding carboxylic acids is 2. The zero-order valence-corrected chi connectivity index (χ0v) is 12.6. The van der Waals surface area contributed by atoms with Gasteiger partial charge in [0.25, 0.3) is 0 Å². The lowest BCUT2D eigenvalue weighted by atomic mass is 9.96. The molecule has 0 radical (unpaired) electrons. The van der Waals surface area contributed by atoms with Crippen LogP contribution in [0.25, 0.3) is 0 Å². The van der Waals surface area contributed by atoms with Crippen molar-refractivity contribution < 1.29 is 14.7 Å². The highest BCUT2D eigenvalue weighted by molar-refractivity contribution is 6.35. The van der Waals surface area contributed by atoms with Gasteiger partial charge in [-0.2, -0.15) is 0 Å². The highest BCUT2D eigenvalue weighted by atomic mass is 16.3. The topological polar surface area (TPSA) is 78.4 Å². The average Bonchev–Trinajstić information content (AvgIpc) is 3.14. The van der Waals surface area contributed by atoms with Gasteiger partial charge in [0.15, 0.2) is 0 Å². The second kappa shape index (κ2) is 6.08. The van der Waals surface area contributed by atoms with Crippen molar-refractivity contribution >= 4 is 11.8 Å². The normalized spacial score (nSPS) is 24.0. The smallest absolute Gasteiger partial charge is 0.309 e. The Hall–Kier alpha value is -1.88. The molecule has 2 aliphatic carbocycles. The maximum Gasteiger partial charge on any atom is 0.309 e. The first-order valence-corrected chi connectivity index (χ1v) is 7.98. The van der Waals surface area contributed by atoms with Crippen LogP contribution in [0.3, 0.4) is 0 Å². The molecule has 0 spiro atoms. The lowest BCUT2D eigenvalue weighted by Crippen LogP contribution is -2.47. The monoisotopic (exact) mass is 302 g/mol. The zero-order valence-electron chi connectivity index (χ0n) is 12.6. The third kappa shape index (κ3) is 2.99. The third-order valence-corrected chi connectivity index (χ3v) is 4.76. The summed E-state index contributed by atoms with van der Waals surface area (Å²) in [5, 5.41) is 16.0. The average molecular weight is 302 g/mol. The highest BCUT2D eigenvalue weighted by Crippen LogP contribution is 2.36. The quantitative estimate of drug-likeness (QED) is 0.729. The minimum atomic E-state index is -1.07. The first-order valence-electron chi connectivity index (χ1n) is 7.98. The molecule has 1 aromatic carbocycles. The molecule has 0 unspecified atom stereocenters. The maximum atomic E-state index is 11.9. The SMILES string of the molecule is O=C(NC[C@]1(O)CCc2ccccc21)C(=O)NC1CCCC1. The number of hydrogen-bond donors (Lipinski definition) is 3. The first-order chi connectivity index (χ1) is 10.6. The van der Waals surface area contributed by atoms with E-state index in [9.17, 15) is 14.7 Å². The predicted octanol–water partition coefficient (Wildman–Crippen LogP) is 0.995. The van der Waals surface area contributed by atoms with Crippen LogP contribution in [0.1, 0.15) is 43.2 Å². The molecule has 0 aliphatic heterocycles. The van der Waals surface area contributed by atoms with Gasteiger partial charge in [0.2, 0.25) is 0 Å². The Kier molecular flexibility index (Phi) is 4.16. The molecule has 0 bridgehead atoms. The second-order valence-corrected chi connectivity index (χ2v) is 6.33. The molecule has 1 saturated carbocycles. The van der Waals surface area contributed by atoms with E-state index in [-0.39, 0.29) is 12.6 Å². The molecular weight excluding hydrogens is 280 g/mol. The minimum absolute atomic E-state index is 0.0704. The van der Waals surface area contributed by atoms with Crippen LogP contribution in [0.2, 0.25) is 0 Å². The molecule has 3 N–H and O–H groups in total. The number of fused-ring (bicyclic) bond motifs is 1. The number of aliphatic hydroxyl groups is 1. The van der Waals surface area contributed by atoms with Gasteiger partial charge in [-0.25, -0.2) is 0 Å². The van der Waals surface area contributed by atoms with E-state index < -0.39 is 17.4 Å². The van der Waals surface area contributed by atoms with Gasteiger partial charge < -0.3 is 15.7 Å². The number of aryl methyl sites for hydroxylation is 1. The lowest BCUT2D eigenvalue weighted by Gasteiger charge is -2.24. The van der Waals surface area contributed by atoms with Crippen LogP contribution < -0.4 is 10.6 Å². The van der Waals surface area contributed by atoms with Crippen LogP contribution >= 0.6 is 0 Å². The Labute approximate surface area is 130 Å². The van der Waals surface area contributed by atoms with Crippen molar-refractivity contribution in [1.29, 1.82) is 0 Å². The van der Waals surface area contributed by atoms with E-state index in [2.05, 4.69) is 10.6 Å². The molecule has 5 heteroatoms. The van der Waals surface area contributed by atoms with Gasteiger partial charge >= 0.3 is 11.8 Å². The predicted molar refractivity (Wildman–Crippen MR) is 82.1 cm³/mol. The third-order valence-electron chi connectivity index (χ3n) is 4.76. The van der Waals surface area contributed by atoms with Crippen LogP contribution in [-0.2, 0) is 21.6 Å². The lowest BCUT2D eigenvalue weighted by molar-refractivity contribution is -0.140. The highest BCUT2D eigenvalue weighted by Gasteiger charge is 2.37. The molecular formula is C17H22N2O3. The number of amides is 2. The second-order valence-electron chi connectivity index (χ2n) is 6.33. The van der Waals surface area contributed by atoms with Gasteiger partial charge in [-0.3, -0.25) is 9.59 Å². The number of benzene rings is 1. The molecule has 5 nitrogen and oxygen atoms in total. The number of nitrogens with one attached hydrogen (secondary N) is 2. The standard InChI is InChI=1S/C17H22N2O3/c20-15(16(21)19-13-6-2-3-7-13)18-11-17(22)10-9-12-5-1-4-8-14(12)17/h1,4-5,8,13,22H,2-3,6-7,9-11H2,(H,18,20)(H,19,21)/t17-/m1/s1. The van der Waals surface area contributed by atoms with Gasteiger partial charge in [-0.15, -0.1) is 0 Å². The van der Waals surface area contributed by atoms with Crippen molar-refractivity contribution in [2.45, 2.75) is 50.2 Å². The van der Waals surface area contributed by atoms with Crippen LogP contribution in [-0.4, -0.2) is 29.5 Å². The molecule has 2 amide bonds. The van der Waals surface area contributed by atoms with Crippen molar-refractivity contribution in [1.82, 2.24) is 10.6 Å². The molecule has 3 rings (SSSR count). The molecule has 0 heterocycles. The van der Waals surface area contributed by atoms with E-state index in [1.165, 1.54) is 0 Å². The summed E-state index contributed by atoms with van der Waals surface area (Å²) in [5.41, 5.74) is 0.890. The van der Waals surface area contributed by atoms with E-state index in [0.717, 1.165) is 43.2 Å². The van der Waals surface area contributed by atoms with Gasteiger partial charge in [-0.1, -0.05) is 37.1 Å². The summed E-state index contributed by atoms with van der Waals surface area (Å²) in [4.78, 5) is 23.8. The van der Waals surface area contributed by atoms with Crippen molar-refractivity contribution in [2.24, 2.45) is 0 Å². The van der Waals surface area contributed by atoms with Gasteiger partial charge in [0.1, 0.15) is 5.60 Å². The van der Waals surface area contributed by atoms with E-state index >= 15 is 0 Å². The Balaban J connectivity index is 1.56. The Morgan fingerprint density at radius 2 is 1.91 bits per heavy atom. The number of carbonyl (C=O) groups is 2. The van der Waals surface area contributed by atoms with Crippen LogP contribution in [0.5, 0.6) is 0 Å². The van der Waals surface area contributed by atoms with Gasteiger partial charge in [-0.05, 0) is 36.8 Å². The van der Waals surface area contributed by atoms with E-state index in [0.29, 0.717) is 6.42 Å². The van der Waals surface area contributed by atoms with Crippen LogP contribution in [0.15, 0.2) is 24.3 Å². The molecule has 118 valence electrons. The van der Waals surface area contributed by atoms with Crippen molar-refractivity contribution in [3.63, 3.8) is 0 Å². The summed E-state index contributed by atoms with van der Waals surface area (Å²) in [6.45, 7) is 0.0704. The van der Waals surface area contributed by atoms with Crippen LogP contribution in [0.4, 0.5) is 0 Å². The summed E-state index contributed by atoms with van der Waals surface area (Å²) in [7, 11) is 0. The number of hydrogen-bond acceptors (Lipinski definition) is 3. The van der Waals surface area contributed by atoms with Crippen LogP contribution in [0, 0.1) is 0 Å². The van der Waals surface area contributed by atoms with E-state index in [4.69, 9.17) is 0 Å². The minimum Gasteiger partial charge on any atom is -0.383 e. The summed E-state index contributed by atoms with van der Waals surface area (Å²) in [6, 6.07) is 7.81. The fourth-order valence-electron chi connectivity index (χ4n) is 3.48. The Morgan fingerprint density at radius 3 is 2.68 bits per heavy atom. The summed E-state index contributed by atoms with van der Waals surface area (Å²) in [5.74, 6) is -1.26. The molecule has 1 fully saturated rings. The van der Waals surface area contributed by atoms with Crippen molar-refractivity contribution in [3.8, 4) is 0 Å². The first kappa shape index (κ1) is 15.0. The Morgan fingerprint density at radius 1 is 1.18 bits per heavy atom. The molecule has 0 aromatic heterocycles. The Bertz CT molecular complexity index is 581. The van der Waals surface area contributed by atoms with E-state index in [1.807, 2.05) is 24.3 Å². The molecule has 1 atom stereocenters. The molecule has 22 heavy (non-hydrogen) atoms. The molecule has 0 saturated heterocycles. The summed E-state index contributed by atoms with van der Waals surface area (Å²) >= 11 is 0. The fourth-order valence-corrected chi connectivity index (χ4v) is 3.48. The number of rotatable bonds is 3. The molecule has 1 aromatic rings. The largest absolute Gasteiger partial charge is 0.383 e. The van der Waals surface area contributed by atoms with Crippen molar-refractivity contribution in [2.75, 3.05) is 6.54 Å². The molecule has 2 aliphatic rings. The van der Waals surface area contributed by atoms with E-state index in [1.54, 1.807) is 0 Å². The maximum absolute atomic E-state index is 11.9. The van der Waals surface area contributed by atoms with Gasteiger partial charge in [0, 0.05) is 6.04 Å².